The summed E-state index contributed by atoms with van der Waals surface area (Å²) < 4.78 is 0. The Morgan fingerprint density at radius 1 is 1.33 bits per heavy atom. The van der Waals surface area contributed by atoms with Crippen LogP contribution in [0.4, 0.5) is 0 Å². The van der Waals surface area contributed by atoms with Crippen molar-refractivity contribution >= 4 is 17.5 Å². The van der Waals surface area contributed by atoms with Gasteiger partial charge in [0.25, 0.3) is 5.91 Å². The van der Waals surface area contributed by atoms with Gasteiger partial charge in [-0.3, -0.25) is 4.79 Å². The minimum absolute atomic E-state index is 0.192. The Hall–Kier alpha value is -1.14. The zero-order valence-electron chi connectivity index (χ0n) is 11.8. The SMILES string of the molecule is O=C(NCCN1CCC(O)CC1)[C@H](O)c1ccc(Cl)cc1. The molecule has 0 bridgehead atoms. The average molecular weight is 313 g/mol. The standard InChI is InChI=1S/C15H21ClN2O3/c16-12-3-1-11(2-4-12)14(20)15(21)17-7-10-18-8-5-13(19)6-9-18/h1-4,13-14,19-20H,5-10H2,(H,17,21)/t14-/m1/s1. The normalized spacial score (nSPS) is 18.4. The Kier molecular flexibility index (Phi) is 5.99. The van der Waals surface area contributed by atoms with E-state index in [1.54, 1.807) is 24.3 Å². The number of amides is 1. The van der Waals surface area contributed by atoms with Gasteiger partial charge < -0.3 is 20.4 Å². The molecule has 6 heteroatoms. The number of carbonyl (C=O) groups is 1. The fourth-order valence-corrected chi connectivity index (χ4v) is 2.50. The van der Waals surface area contributed by atoms with Crippen molar-refractivity contribution in [2.75, 3.05) is 26.2 Å². The van der Waals surface area contributed by atoms with E-state index in [2.05, 4.69) is 10.2 Å². The van der Waals surface area contributed by atoms with Gasteiger partial charge in [-0.25, -0.2) is 0 Å². The van der Waals surface area contributed by atoms with Gasteiger partial charge in [0.05, 0.1) is 6.10 Å². The molecule has 21 heavy (non-hydrogen) atoms. The first-order valence-corrected chi connectivity index (χ1v) is 7.55. The number of carbonyl (C=O) groups excluding carboxylic acids is 1. The van der Waals surface area contributed by atoms with E-state index >= 15 is 0 Å². The lowest BCUT2D eigenvalue weighted by molar-refractivity contribution is -0.129. The number of nitrogens with zero attached hydrogens (tertiary/aromatic N) is 1. The average Bonchev–Trinajstić information content (AvgIpc) is 2.49. The molecule has 3 N–H and O–H groups in total. The summed E-state index contributed by atoms with van der Waals surface area (Å²) in [6.07, 6.45) is 0.191. The van der Waals surface area contributed by atoms with Crippen molar-refractivity contribution in [1.29, 1.82) is 0 Å². The summed E-state index contributed by atoms with van der Waals surface area (Å²) in [5, 5.41) is 22.7. The summed E-state index contributed by atoms with van der Waals surface area (Å²) in [6, 6.07) is 6.57. The molecule has 1 amide bonds. The highest BCUT2D eigenvalue weighted by molar-refractivity contribution is 6.30. The Bertz CT molecular complexity index is 458. The molecule has 0 aliphatic carbocycles. The highest BCUT2D eigenvalue weighted by atomic mass is 35.5. The van der Waals surface area contributed by atoms with Crippen molar-refractivity contribution in [2.45, 2.75) is 25.0 Å². The first-order chi connectivity index (χ1) is 10.1. The largest absolute Gasteiger partial charge is 0.393 e. The van der Waals surface area contributed by atoms with Crippen molar-refractivity contribution in [2.24, 2.45) is 0 Å². The fourth-order valence-electron chi connectivity index (χ4n) is 2.37. The molecular formula is C15H21ClN2O3. The minimum atomic E-state index is -1.18. The van der Waals surface area contributed by atoms with Crippen LogP contribution in [-0.4, -0.2) is 53.3 Å². The van der Waals surface area contributed by atoms with Crippen molar-refractivity contribution in [3.05, 3.63) is 34.9 Å². The molecule has 116 valence electrons. The minimum Gasteiger partial charge on any atom is -0.393 e. The third-order valence-corrected chi connectivity index (χ3v) is 3.97. The van der Waals surface area contributed by atoms with Gasteiger partial charge in [0.2, 0.25) is 0 Å². The van der Waals surface area contributed by atoms with Gasteiger partial charge in [-0.15, -0.1) is 0 Å². The molecule has 1 fully saturated rings. The molecule has 0 unspecified atom stereocenters. The van der Waals surface area contributed by atoms with Gasteiger partial charge in [0, 0.05) is 31.2 Å². The summed E-state index contributed by atoms with van der Waals surface area (Å²) in [4.78, 5) is 14.1. The van der Waals surface area contributed by atoms with Gasteiger partial charge in [0.1, 0.15) is 0 Å². The number of aliphatic hydroxyl groups is 2. The van der Waals surface area contributed by atoms with Gasteiger partial charge in [0.15, 0.2) is 6.10 Å². The topological polar surface area (TPSA) is 72.8 Å². The number of rotatable bonds is 5. The molecular weight excluding hydrogens is 292 g/mol. The van der Waals surface area contributed by atoms with Crippen LogP contribution in [0.3, 0.4) is 0 Å². The predicted molar refractivity (Wildman–Crippen MR) is 81.1 cm³/mol. The molecule has 1 aromatic carbocycles. The van der Waals surface area contributed by atoms with E-state index in [-0.39, 0.29) is 6.10 Å². The molecule has 1 atom stereocenters. The molecule has 1 aliphatic heterocycles. The molecule has 2 rings (SSSR count). The smallest absolute Gasteiger partial charge is 0.253 e. The second-order valence-corrected chi connectivity index (χ2v) is 5.75. The van der Waals surface area contributed by atoms with Gasteiger partial charge in [-0.1, -0.05) is 23.7 Å². The quantitative estimate of drug-likeness (QED) is 0.757. The van der Waals surface area contributed by atoms with Crippen molar-refractivity contribution in [3.63, 3.8) is 0 Å². The van der Waals surface area contributed by atoms with Crippen molar-refractivity contribution in [1.82, 2.24) is 10.2 Å². The summed E-state index contributed by atoms with van der Waals surface area (Å²) >= 11 is 5.77. The van der Waals surface area contributed by atoms with Crippen LogP contribution >= 0.6 is 11.6 Å². The Morgan fingerprint density at radius 2 is 1.95 bits per heavy atom. The van der Waals surface area contributed by atoms with E-state index in [4.69, 9.17) is 11.6 Å². The van der Waals surface area contributed by atoms with E-state index in [1.165, 1.54) is 0 Å². The first kappa shape index (κ1) is 16.2. The number of halogens is 1. The van der Waals surface area contributed by atoms with Crippen LogP contribution in [0.15, 0.2) is 24.3 Å². The van der Waals surface area contributed by atoms with Crippen molar-refractivity contribution in [3.8, 4) is 0 Å². The molecule has 0 radical (unpaired) electrons. The van der Waals surface area contributed by atoms with Crippen LogP contribution in [0.2, 0.25) is 5.02 Å². The van der Waals surface area contributed by atoms with E-state index in [9.17, 15) is 15.0 Å². The molecule has 0 saturated carbocycles. The molecule has 1 heterocycles. The van der Waals surface area contributed by atoms with E-state index in [0.29, 0.717) is 17.1 Å². The van der Waals surface area contributed by atoms with Crippen LogP contribution in [0.25, 0.3) is 0 Å². The second-order valence-electron chi connectivity index (χ2n) is 5.32. The lowest BCUT2D eigenvalue weighted by Crippen LogP contribution is -2.41. The lowest BCUT2D eigenvalue weighted by atomic mass is 10.1. The number of nitrogens with one attached hydrogen (secondary N) is 1. The van der Waals surface area contributed by atoms with E-state index in [1.807, 2.05) is 0 Å². The third kappa shape index (κ3) is 4.97. The zero-order chi connectivity index (χ0) is 15.2. The van der Waals surface area contributed by atoms with Crippen LogP contribution in [0.5, 0.6) is 0 Å². The van der Waals surface area contributed by atoms with E-state index in [0.717, 1.165) is 32.5 Å². The monoisotopic (exact) mass is 312 g/mol. The number of aliphatic hydroxyl groups excluding tert-OH is 2. The van der Waals surface area contributed by atoms with Crippen LogP contribution in [-0.2, 0) is 4.79 Å². The second kappa shape index (κ2) is 7.75. The van der Waals surface area contributed by atoms with Crippen molar-refractivity contribution < 1.29 is 15.0 Å². The summed E-state index contributed by atoms with van der Waals surface area (Å²) in [6.45, 7) is 2.90. The molecule has 0 spiro atoms. The molecule has 0 aromatic heterocycles. The first-order valence-electron chi connectivity index (χ1n) is 7.18. The van der Waals surface area contributed by atoms with Crippen LogP contribution in [0.1, 0.15) is 24.5 Å². The maximum atomic E-state index is 11.9. The highest BCUT2D eigenvalue weighted by Gasteiger charge is 2.19. The number of hydrogen-bond donors (Lipinski definition) is 3. The number of benzene rings is 1. The summed E-state index contributed by atoms with van der Waals surface area (Å²) in [7, 11) is 0. The van der Waals surface area contributed by atoms with E-state index < -0.39 is 12.0 Å². The van der Waals surface area contributed by atoms with Crippen LogP contribution in [0, 0.1) is 0 Å². The van der Waals surface area contributed by atoms with Gasteiger partial charge in [-0.05, 0) is 30.5 Å². The van der Waals surface area contributed by atoms with Gasteiger partial charge >= 0.3 is 0 Å². The summed E-state index contributed by atoms with van der Waals surface area (Å²) in [5.41, 5.74) is 0.526. The van der Waals surface area contributed by atoms with Crippen LogP contribution < -0.4 is 5.32 Å². The van der Waals surface area contributed by atoms with Gasteiger partial charge in [-0.2, -0.15) is 0 Å². The summed E-state index contributed by atoms with van der Waals surface area (Å²) in [5.74, 6) is -0.408. The lowest BCUT2D eigenvalue weighted by Gasteiger charge is -2.29. The predicted octanol–water partition coefficient (Wildman–Crippen LogP) is 0.946. The third-order valence-electron chi connectivity index (χ3n) is 3.72. The molecule has 1 aliphatic rings. The number of hydrogen-bond acceptors (Lipinski definition) is 4. The highest BCUT2D eigenvalue weighted by Crippen LogP contribution is 2.16. The maximum Gasteiger partial charge on any atom is 0.253 e. The molecule has 1 aromatic rings. The fraction of sp³-hybridized carbons (Fsp3) is 0.533. The maximum absolute atomic E-state index is 11.9. The Labute approximate surface area is 129 Å². The number of piperidine rings is 1. The molecule has 1 saturated heterocycles. The number of likely N-dealkylation sites (tertiary alicyclic amines) is 1. The molecule has 5 nitrogen and oxygen atoms in total. The Morgan fingerprint density at radius 3 is 2.57 bits per heavy atom. The Balaban J connectivity index is 1.72. The zero-order valence-corrected chi connectivity index (χ0v) is 12.6.